The van der Waals surface area contributed by atoms with E-state index in [1.54, 1.807) is 13.8 Å². The van der Waals surface area contributed by atoms with Crippen molar-refractivity contribution in [3.05, 3.63) is 0 Å². The highest BCUT2D eigenvalue weighted by atomic mass is 16.5. The topological polar surface area (TPSA) is 66.8 Å². The maximum atomic E-state index is 11.4. The molecule has 0 aromatic carbocycles. The van der Waals surface area contributed by atoms with Crippen LogP contribution < -0.4 is 0 Å². The molecule has 1 amide bonds. The van der Waals surface area contributed by atoms with E-state index in [1.807, 2.05) is 0 Å². The summed E-state index contributed by atoms with van der Waals surface area (Å²) in [5, 5.41) is 9.76. The fourth-order valence-corrected chi connectivity index (χ4v) is 1.74. The predicted molar refractivity (Wildman–Crippen MR) is 53.0 cm³/mol. The number of ether oxygens (including phenoxy) is 1. The Balaban J connectivity index is 2.57. The molecule has 1 aliphatic rings. The van der Waals surface area contributed by atoms with Crippen LogP contribution in [0, 0.1) is 5.92 Å². The smallest absolute Gasteiger partial charge is 0.396 e. The Morgan fingerprint density at radius 1 is 1.47 bits per heavy atom. The van der Waals surface area contributed by atoms with Crippen LogP contribution in [0.1, 0.15) is 20.3 Å². The lowest BCUT2D eigenvalue weighted by atomic mass is 9.90. The maximum Gasteiger partial charge on any atom is 0.396 e. The van der Waals surface area contributed by atoms with E-state index < -0.39 is 17.5 Å². The fourth-order valence-electron chi connectivity index (χ4n) is 1.74. The molecule has 1 saturated heterocycles. The van der Waals surface area contributed by atoms with E-state index in [-0.39, 0.29) is 5.92 Å². The van der Waals surface area contributed by atoms with Gasteiger partial charge in [-0.15, -0.1) is 0 Å². The molecule has 0 radical (unpaired) electrons. The molecule has 0 saturated carbocycles. The van der Waals surface area contributed by atoms with E-state index in [4.69, 9.17) is 0 Å². The quantitative estimate of drug-likeness (QED) is 0.485. The number of nitrogens with zero attached hydrogens (tertiary/aromatic N) is 1. The van der Waals surface area contributed by atoms with Crippen molar-refractivity contribution in [1.82, 2.24) is 4.90 Å². The second-order valence-corrected chi connectivity index (χ2v) is 4.38. The molecule has 1 aliphatic heterocycles. The van der Waals surface area contributed by atoms with Crippen molar-refractivity contribution in [2.45, 2.75) is 25.9 Å². The van der Waals surface area contributed by atoms with Crippen LogP contribution in [0.4, 0.5) is 0 Å². The standard InChI is InChI=1S/C10H17NO4/c1-10(2,14)7-4-5-11(6-7)8(12)9(13)15-3/h7,14H,4-6H2,1-3H3. The fraction of sp³-hybridized carbons (Fsp3) is 0.800. The molecule has 1 unspecified atom stereocenters. The molecule has 0 aliphatic carbocycles. The molecule has 1 heterocycles. The lowest BCUT2D eigenvalue weighted by Gasteiger charge is -2.25. The number of aliphatic hydroxyl groups is 1. The molecule has 0 bridgehead atoms. The van der Waals surface area contributed by atoms with Gasteiger partial charge in [-0.25, -0.2) is 4.79 Å². The Morgan fingerprint density at radius 3 is 2.47 bits per heavy atom. The monoisotopic (exact) mass is 215 g/mol. The van der Waals surface area contributed by atoms with Crippen molar-refractivity contribution in [2.75, 3.05) is 20.2 Å². The summed E-state index contributed by atoms with van der Waals surface area (Å²) in [6, 6.07) is 0. The first-order valence-corrected chi connectivity index (χ1v) is 4.96. The van der Waals surface area contributed by atoms with Gasteiger partial charge in [-0.2, -0.15) is 0 Å². The van der Waals surface area contributed by atoms with Crippen LogP contribution in [0.5, 0.6) is 0 Å². The third-order valence-corrected chi connectivity index (χ3v) is 2.83. The third-order valence-electron chi connectivity index (χ3n) is 2.83. The molecule has 0 spiro atoms. The van der Waals surface area contributed by atoms with E-state index >= 15 is 0 Å². The van der Waals surface area contributed by atoms with Gasteiger partial charge in [-0.05, 0) is 20.3 Å². The largest absolute Gasteiger partial charge is 0.462 e. The number of hydrogen-bond donors (Lipinski definition) is 1. The lowest BCUT2D eigenvalue weighted by Crippen LogP contribution is -2.38. The first-order valence-electron chi connectivity index (χ1n) is 4.96. The van der Waals surface area contributed by atoms with Gasteiger partial charge in [0.25, 0.3) is 0 Å². The summed E-state index contributed by atoms with van der Waals surface area (Å²) in [7, 11) is 1.18. The van der Waals surface area contributed by atoms with Crippen molar-refractivity contribution in [1.29, 1.82) is 0 Å². The van der Waals surface area contributed by atoms with E-state index in [0.717, 1.165) is 0 Å². The molecule has 15 heavy (non-hydrogen) atoms. The summed E-state index contributed by atoms with van der Waals surface area (Å²) < 4.78 is 4.35. The van der Waals surface area contributed by atoms with Crippen molar-refractivity contribution < 1.29 is 19.4 Å². The molecule has 1 atom stereocenters. The second kappa shape index (κ2) is 4.18. The molecule has 5 heteroatoms. The maximum absolute atomic E-state index is 11.4. The van der Waals surface area contributed by atoms with Gasteiger partial charge in [-0.1, -0.05) is 0 Å². The zero-order chi connectivity index (χ0) is 11.6. The van der Waals surface area contributed by atoms with E-state index in [9.17, 15) is 14.7 Å². The molecule has 1 N–H and O–H groups in total. The van der Waals surface area contributed by atoms with Crippen LogP contribution in [0.2, 0.25) is 0 Å². The van der Waals surface area contributed by atoms with Gasteiger partial charge in [0.15, 0.2) is 0 Å². The average Bonchev–Trinajstić information content (AvgIpc) is 2.63. The summed E-state index contributed by atoms with van der Waals surface area (Å²) in [4.78, 5) is 23.8. The molecule has 0 aromatic rings. The molecular formula is C10H17NO4. The molecule has 1 fully saturated rings. The van der Waals surface area contributed by atoms with Crippen LogP contribution in [0.15, 0.2) is 0 Å². The third kappa shape index (κ3) is 2.68. The molecule has 86 valence electrons. The van der Waals surface area contributed by atoms with Crippen molar-refractivity contribution in [2.24, 2.45) is 5.92 Å². The lowest BCUT2D eigenvalue weighted by molar-refractivity contribution is -0.157. The number of esters is 1. The Kier molecular flexibility index (Phi) is 3.34. The molecule has 5 nitrogen and oxygen atoms in total. The van der Waals surface area contributed by atoms with Crippen molar-refractivity contribution in [3.8, 4) is 0 Å². The van der Waals surface area contributed by atoms with Gasteiger partial charge in [0.1, 0.15) is 0 Å². The Labute approximate surface area is 89.0 Å². The first kappa shape index (κ1) is 12.0. The van der Waals surface area contributed by atoms with Gasteiger partial charge >= 0.3 is 11.9 Å². The average molecular weight is 215 g/mol. The highest BCUT2D eigenvalue weighted by molar-refractivity contribution is 6.32. The van der Waals surface area contributed by atoms with E-state index in [0.29, 0.717) is 19.5 Å². The number of amides is 1. The van der Waals surface area contributed by atoms with Gasteiger partial charge in [0, 0.05) is 19.0 Å². The van der Waals surface area contributed by atoms with Crippen molar-refractivity contribution >= 4 is 11.9 Å². The van der Waals surface area contributed by atoms with Crippen LogP contribution in [0.25, 0.3) is 0 Å². The predicted octanol–water partition coefficient (Wildman–Crippen LogP) is -0.221. The highest BCUT2D eigenvalue weighted by Gasteiger charge is 2.37. The summed E-state index contributed by atoms with van der Waals surface area (Å²) in [6.45, 7) is 4.34. The SMILES string of the molecule is COC(=O)C(=O)N1CCC(C(C)(C)O)C1. The number of carbonyl (C=O) groups is 2. The highest BCUT2D eigenvalue weighted by Crippen LogP contribution is 2.26. The Hall–Kier alpha value is -1.10. The van der Waals surface area contributed by atoms with Gasteiger partial charge in [-0.3, -0.25) is 4.79 Å². The van der Waals surface area contributed by atoms with Gasteiger partial charge < -0.3 is 14.7 Å². The Morgan fingerprint density at radius 2 is 2.07 bits per heavy atom. The minimum Gasteiger partial charge on any atom is -0.462 e. The van der Waals surface area contributed by atoms with Crippen LogP contribution in [-0.4, -0.2) is 47.7 Å². The Bertz CT molecular complexity index is 269. The summed E-state index contributed by atoms with van der Waals surface area (Å²) in [6.07, 6.45) is 0.715. The number of carbonyl (C=O) groups excluding carboxylic acids is 2. The van der Waals surface area contributed by atoms with E-state index in [1.165, 1.54) is 12.0 Å². The molecular weight excluding hydrogens is 198 g/mol. The number of likely N-dealkylation sites (tertiary alicyclic amines) is 1. The van der Waals surface area contributed by atoms with Crippen LogP contribution >= 0.6 is 0 Å². The summed E-state index contributed by atoms with van der Waals surface area (Å²) in [5.41, 5.74) is -0.814. The number of hydrogen-bond acceptors (Lipinski definition) is 4. The van der Waals surface area contributed by atoms with Crippen molar-refractivity contribution in [3.63, 3.8) is 0 Å². The normalized spacial score (nSPS) is 21.6. The summed E-state index contributed by atoms with van der Waals surface area (Å²) in [5.74, 6) is -1.44. The molecule has 1 rings (SSSR count). The van der Waals surface area contributed by atoms with Gasteiger partial charge in [0.2, 0.25) is 0 Å². The molecule has 0 aromatic heterocycles. The summed E-state index contributed by atoms with van der Waals surface area (Å²) >= 11 is 0. The minimum atomic E-state index is -0.841. The zero-order valence-corrected chi connectivity index (χ0v) is 9.32. The van der Waals surface area contributed by atoms with Crippen LogP contribution in [-0.2, 0) is 14.3 Å². The minimum absolute atomic E-state index is 0.0195. The number of methoxy groups -OCH3 is 1. The number of rotatable bonds is 1. The second-order valence-electron chi connectivity index (χ2n) is 4.38. The first-order chi connectivity index (χ1) is 6.86. The van der Waals surface area contributed by atoms with E-state index in [2.05, 4.69) is 4.74 Å². The van der Waals surface area contributed by atoms with Crippen LogP contribution in [0.3, 0.4) is 0 Å². The zero-order valence-electron chi connectivity index (χ0n) is 9.32. The van der Waals surface area contributed by atoms with Gasteiger partial charge in [0.05, 0.1) is 12.7 Å².